The van der Waals surface area contributed by atoms with Crippen LogP contribution in [-0.4, -0.2) is 23.4 Å². The van der Waals surface area contributed by atoms with Gasteiger partial charge in [-0.3, -0.25) is 4.79 Å². The lowest BCUT2D eigenvalue weighted by molar-refractivity contribution is -0.131. The van der Waals surface area contributed by atoms with Gasteiger partial charge in [-0.05, 0) is 30.5 Å². The molecule has 1 aromatic carbocycles. The number of halogens is 1. The van der Waals surface area contributed by atoms with Crippen LogP contribution in [0.4, 0.5) is 0 Å². The summed E-state index contributed by atoms with van der Waals surface area (Å²) >= 11 is 5.90. The fraction of sp³-hybridized carbons (Fsp3) is 0.429. The van der Waals surface area contributed by atoms with E-state index >= 15 is 0 Å². The molecule has 0 N–H and O–H groups in total. The maximum absolute atomic E-state index is 12.2. The number of carbonyl (C=O) groups excluding carboxylic acids is 1. The summed E-state index contributed by atoms with van der Waals surface area (Å²) in [6, 6.07) is 9.81. The van der Waals surface area contributed by atoms with Gasteiger partial charge in [-0.25, -0.2) is 0 Å². The summed E-state index contributed by atoms with van der Waals surface area (Å²) in [6.07, 6.45) is 2.89. The Kier molecular flexibility index (Phi) is 4.22. The molecule has 3 nitrogen and oxygen atoms in total. The summed E-state index contributed by atoms with van der Waals surface area (Å²) in [5.74, 6) is 0.0926. The van der Waals surface area contributed by atoms with Gasteiger partial charge in [0.25, 0.3) is 0 Å². The quantitative estimate of drug-likeness (QED) is 0.819. The van der Waals surface area contributed by atoms with Gasteiger partial charge in [-0.2, -0.15) is 5.26 Å². The second kappa shape index (κ2) is 5.88. The minimum Gasteiger partial charge on any atom is -0.338 e. The Hall–Kier alpha value is -1.53. The number of hydrogen-bond donors (Lipinski definition) is 0. The van der Waals surface area contributed by atoms with E-state index in [0.717, 1.165) is 18.4 Å². The highest BCUT2D eigenvalue weighted by molar-refractivity contribution is 6.30. The third-order valence-corrected chi connectivity index (χ3v) is 3.25. The van der Waals surface area contributed by atoms with Gasteiger partial charge in [0, 0.05) is 17.6 Å². The molecule has 0 radical (unpaired) electrons. The van der Waals surface area contributed by atoms with E-state index in [1.807, 2.05) is 23.1 Å². The first-order chi connectivity index (χ1) is 8.70. The molecule has 94 valence electrons. The van der Waals surface area contributed by atoms with Gasteiger partial charge in [-0.15, -0.1) is 0 Å². The molecule has 1 saturated carbocycles. The van der Waals surface area contributed by atoms with Crippen LogP contribution in [-0.2, 0) is 11.2 Å². The molecule has 1 fully saturated rings. The lowest BCUT2D eigenvalue weighted by atomic mass is 10.1. The van der Waals surface area contributed by atoms with Crippen LogP contribution in [0.1, 0.15) is 24.8 Å². The average Bonchev–Trinajstić information content (AvgIpc) is 3.14. The maximum atomic E-state index is 12.2. The second-order valence-electron chi connectivity index (χ2n) is 4.53. The molecule has 1 amide bonds. The number of carbonyl (C=O) groups is 1. The number of hydrogen-bond acceptors (Lipinski definition) is 2. The normalized spacial score (nSPS) is 14.0. The Morgan fingerprint density at radius 3 is 2.89 bits per heavy atom. The summed E-state index contributed by atoms with van der Waals surface area (Å²) in [5, 5.41) is 9.27. The summed E-state index contributed by atoms with van der Waals surface area (Å²) in [4.78, 5) is 14.0. The molecule has 0 saturated heterocycles. The molecule has 0 atom stereocenters. The zero-order valence-corrected chi connectivity index (χ0v) is 10.9. The molecule has 0 heterocycles. The third-order valence-electron chi connectivity index (χ3n) is 3.02. The largest absolute Gasteiger partial charge is 0.338 e. The third kappa shape index (κ3) is 3.48. The van der Waals surface area contributed by atoms with E-state index in [4.69, 9.17) is 16.9 Å². The number of benzene rings is 1. The molecule has 1 aliphatic rings. The zero-order valence-electron chi connectivity index (χ0n) is 10.1. The van der Waals surface area contributed by atoms with Crippen molar-refractivity contribution in [3.05, 3.63) is 34.9 Å². The number of nitrogens with zero attached hydrogens (tertiary/aromatic N) is 2. The Morgan fingerprint density at radius 1 is 1.50 bits per heavy atom. The SMILES string of the molecule is N#CCCN(C(=O)Cc1cccc(Cl)c1)C1CC1. The Labute approximate surface area is 112 Å². The van der Waals surface area contributed by atoms with Crippen LogP contribution in [0.3, 0.4) is 0 Å². The summed E-state index contributed by atoms with van der Waals surface area (Å²) in [6.45, 7) is 0.542. The molecule has 1 aromatic rings. The Morgan fingerprint density at radius 2 is 2.28 bits per heavy atom. The van der Waals surface area contributed by atoms with Crippen LogP contribution >= 0.6 is 11.6 Å². The highest BCUT2D eigenvalue weighted by Crippen LogP contribution is 2.27. The van der Waals surface area contributed by atoms with Gasteiger partial charge in [0.05, 0.1) is 18.9 Å². The van der Waals surface area contributed by atoms with Crippen molar-refractivity contribution in [2.24, 2.45) is 0 Å². The van der Waals surface area contributed by atoms with Gasteiger partial charge < -0.3 is 4.90 Å². The molecule has 0 aliphatic heterocycles. The van der Waals surface area contributed by atoms with E-state index in [2.05, 4.69) is 6.07 Å². The molecular formula is C14H15ClN2O. The Balaban J connectivity index is 1.98. The fourth-order valence-corrected chi connectivity index (χ4v) is 2.20. The molecule has 0 bridgehead atoms. The van der Waals surface area contributed by atoms with Gasteiger partial charge in [0.1, 0.15) is 0 Å². The van der Waals surface area contributed by atoms with E-state index in [1.165, 1.54) is 0 Å². The molecule has 0 spiro atoms. The van der Waals surface area contributed by atoms with Crippen LogP contribution in [0.5, 0.6) is 0 Å². The van der Waals surface area contributed by atoms with Crippen LogP contribution in [0.25, 0.3) is 0 Å². The summed E-state index contributed by atoms with van der Waals surface area (Å²) in [5.41, 5.74) is 0.926. The predicted molar refractivity (Wildman–Crippen MR) is 70.1 cm³/mol. The Bertz CT molecular complexity index is 477. The van der Waals surface area contributed by atoms with Crippen LogP contribution < -0.4 is 0 Å². The van der Waals surface area contributed by atoms with Crippen molar-refractivity contribution < 1.29 is 4.79 Å². The lowest BCUT2D eigenvalue weighted by Gasteiger charge is -2.21. The van der Waals surface area contributed by atoms with E-state index in [9.17, 15) is 4.79 Å². The molecule has 2 rings (SSSR count). The van der Waals surface area contributed by atoms with Crippen molar-refractivity contribution in [1.29, 1.82) is 5.26 Å². The molecule has 1 aliphatic carbocycles. The maximum Gasteiger partial charge on any atom is 0.227 e. The lowest BCUT2D eigenvalue weighted by Crippen LogP contribution is -2.35. The molecule has 0 aromatic heterocycles. The van der Waals surface area contributed by atoms with E-state index in [0.29, 0.717) is 30.5 Å². The summed E-state index contributed by atoms with van der Waals surface area (Å²) in [7, 11) is 0. The van der Waals surface area contributed by atoms with Crippen LogP contribution in [0.15, 0.2) is 24.3 Å². The van der Waals surface area contributed by atoms with E-state index in [1.54, 1.807) is 6.07 Å². The van der Waals surface area contributed by atoms with Crippen molar-refractivity contribution in [3.63, 3.8) is 0 Å². The number of nitriles is 1. The second-order valence-corrected chi connectivity index (χ2v) is 4.97. The van der Waals surface area contributed by atoms with Gasteiger partial charge in [-0.1, -0.05) is 23.7 Å². The fourth-order valence-electron chi connectivity index (χ4n) is 1.99. The first kappa shape index (κ1) is 12.9. The van der Waals surface area contributed by atoms with Crippen molar-refractivity contribution in [3.8, 4) is 6.07 Å². The highest BCUT2D eigenvalue weighted by atomic mass is 35.5. The van der Waals surface area contributed by atoms with Gasteiger partial charge in [0.2, 0.25) is 5.91 Å². The predicted octanol–water partition coefficient (Wildman–Crippen LogP) is 2.79. The van der Waals surface area contributed by atoms with Crippen molar-refractivity contribution in [2.45, 2.75) is 31.7 Å². The van der Waals surface area contributed by atoms with Crippen molar-refractivity contribution >= 4 is 17.5 Å². The first-order valence-electron chi connectivity index (χ1n) is 6.11. The van der Waals surface area contributed by atoms with E-state index in [-0.39, 0.29) is 5.91 Å². The standard InChI is InChI=1S/C14H15ClN2O/c15-12-4-1-3-11(9-12)10-14(18)17(8-2-7-16)13-5-6-13/h1,3-4,9,13H,2,5-6,8,10H2. The highest BCUT2D eigenvalue weighted by Gasteiger charge is 2.31. The van der Waals surface area contributed by atoms with Crippen LogP contribution in [0.2, 0.25) is 5.02 Å². The molecule has 0 unspecified atom stereocenters. The zero-order chi connectivity index (χ0) is 13.0. The van der Waals surface area contributed by atoms with Crippen molar-refractivity contribution in [2.75, 3.05) is 6.54 Å². The van der Waals surface area contributed by atoms with Crippen LogP contribution in [0, 0.1) is 11.3 Å². The average molecular weight is 263 g/mol. The number of rotatable bonds is 5. The van der Waals surface area contributed by atoms with E-state index < -0.39 is 0 Å². The van der Waals surface area contributed by atoms with Gasteiger partial charge >= 0.3 is 0 Å². The minimum atomic E-state index is 0.0926. The van der Waals surface area contributed by atoms with Crippen molar-refractivity contribution in [1.82, 2.24) is 4.90 Å². The molecule has 4 heteroatoms. The molecule has 18 heavy (non-hydrogen) atoms. The number of amides is 1. The molecular weight excluding hydrogens is 248 g/mol. The monoisotopic (exact) mass is 262 g/mol. The minimum absolute atomic E-state index is 0.0926. The summed E-state index contributed by atoms with van der Waals surface area (Å²) < 4.78 is 0. The van der Waals surface area contributed by atoms with Gasteiger partial charge in [0.15, 0.2) is 0 Å². The topological polar surface area (TPSA) is 44.1 Å². The first-order valence-corrected chi connectivity index (χ1v) is 6.49. The smallest absolute Gasteiger partial charge is 0.227 e.